The normalized spacial score (nSPS) is 14.1. The van der Waals surface area contributed by atoms with Gasteiger partial charge in [0, 0.05) is 6.61 Å². The van der Waals surface area contributed by atoms with Crippen LogP contribution in [0.2, 0.25) is 0 Å². The molecule has 0 saturated carbocycles. The van der Waals surface area contributed by atoms with Crippen LogP contribution >= 0.6 is 5.69 Å². The summed E-state index contributed by atoms with van der Waals surface area (Å²) in [6, 6.07) is 0. The molecule has 0 aliphatic heterocycles. The van der Waals surface area contributed by atoms with Gasteiger partial charge < -0.3 is 21.7 Å². The molecule has 1 unspecified atom stereocenters. The van der Waals surface area contributed by atoms with Gasteiger partial charge in [0.2, 0.25) is 0 Å². The summed E-state index contributed by atoms with van der Waals surface area (Å²) in [5, 5.41) is 0. The maximum atomic E-state index is 10.5. The topological polar surface area (TPSA) is 32.3 Å². The molecule has 11 heavy (non-hydrogen) atoms. The van der Waals surface area contributed by atoms with Gasteiger partial charge in [-0.05, 0) is 6.42 Å². The Bertz CT molecular complexity index is 119. The van der Waals surface area contributed by atoms with Gasteiger partial charge in [0.05, 0.1) is 0 Å². The van der Waals surface area contributed by atoms with Gasteiger partial charge in [-0.15, -0.1) is 17.5 Å². The van der Waals surface area contributed by atoms with Crippen LogP contribution in [0, 0.1) is 0 Å². The van der Waals surface area contributed by atoms with E-state index in [1.165, 1.54) is 0 Å². The van der Waals surface area contributed by atoms with Crippen LogP contribution in [-0.2, 0) is 28.6 Å². The molecule has 0 fully saturated rings. The average molecular weight is 230 g/mol. The molecule has 0 bridgehead atoms. The molecule has 0 rings (SSSR count). The first-order chi connectivity index (χ1) is 4.06. The van der Waals surface area contributed by atoms with Crippen LogP contribution < -0.4 is 64.0 Å². The molecule has 0 aromatic carbocycles. The van der Waals surface area contributed by atoms with Gasteiger partial charge in [-0.1, -0.05) is 13.3 Å². The minimum absolute atomic E-state index is 0. The maximum Gasteiger partial charge on any atom is 1.00 e. The molecule has 0 radical (unpaired) electrons. The fourth-order valence-corrected chi connectivity index (χ4v) is 1.12. The van der Waals surface area contributed by atoms with Crippen LogP contribution in [0.1, 0.15) is 19.8 Å². The Morgan fingerprint density at radius 2 is 2.00 bits per heavy atom. The molecule has 7 heteroatoms. The van der Waals surface area contributed by atoms with Gasteiger partial charge >= 0.3 is 59.1 Å². The largest absolute Gasteiger partial charge is 1.00 e. The minimum Gasteiger partial charge on any atom is -0.819 e. The average Bonchev–Trinajstić information content (AvgIpc) is 1.63. The maximum absolute atomic E-state index is 10.5. The first-order valence-electron chi connectivity index (χ1n) is 2.73. The van der Waals surface area contributed by atoms with Crippen molar-refractivity contribution < 1.29 is 68.5 Å². The summed E-state index contributed by atoms with van der Waals surface area (Å²) >= 11 is 8.69. The Labute approximate surface area is 123 Å². The zero-order valence-corrected chi connectivity index (χ0v) is 13.7. The number of unbranched alkanes of at least 4 members (excludes halogenated alkanes) is 1. The summed E-state index contributed by atoms with van der Waals surface area (Å²) in [5.74, 6) is 0. The standard InChI is InChI=1S/C4H11O2PS2.2Na/c1-2-3-4-6-7(5,8)9;;/h2-4H2,1H3,(H2,5,8,9);;/q;2*+1/p-2. The van der Waals surface area contributed by atoms with E-state index in [0.29, 0.717) is 6.61 Å². The predicted octanol–water partition coefficient (Wildman–Crippen LogP) is -5.06. The first-order valence-corrected chi connectivity index (χ1v) is 6.38. The fraction of sp³-hybridized carbons (Fsp3) is 1.00. The van der Waals surface area contributed by atoms with Crippen molar-refractivity contribution in [3.63, 3.8) is 0 Å². The molecule has 0 aliphatic carbocycles. The molecule has 0 amide bonds. The van der Waals surface area contributed by atoms with Crippen molar-refractivity contribution in [2.75, 3.05) is 6.61 Å². The Hall–Kier alpha value is 2.92. The van der Waals surface area contributed by atoms with Crippen LogP contribution in [0.25, 0.3) is 0 Å². The second kappa shape index (κ2) is 11.0. The van der Waals surface area contributed by atoms with Crippen LogP contribution in [0.5, 0.6) is 0 Å². The molecular weight excluding hydrogens is 221 g/mol. The second-order valence-corrected chi connectivity index (χ2v) is 6.36. The van der Waals surface area contributed by atoms with Gasteiger partial charge in [0.15, 0.2) is 0 Å². The fourth-order valence-electron chi connectivity index (χ4n) is 0.321. The van der Waals surface area contributed by atoms with Crippen molar-refractivity contribution in [2.24, 2.45) is 0 Å². The summed E-state index contributed by atoms with van der Waals surface area (Å²) in [5.41, 5.74) is -3.03. The van der Waals surface area contributed by atoms with Gasteiger partial charge in [-0.3, -0.25) is 0 Å². The summed E-state index contributed by atoms with van der Waals surface area (Å²) in [7, 11) is 0. The van der Waals surface area contributed by atoms with Crippen LogP contribution in [0.3, 0.4) is 0 Å². The smallest absolute Gasteiger partial charge is 0.819 e. The van der Waals surface area contributed by atoms with Crippen molar-refractivity contribution in [1.82, 2.24) is 0 Å². The van der Waals surface area contributed by atoms with Gasteiger partial charge in [0.25, 0.3) is 0 Å². The zero-order valence-electron chi connectivity index (χ0n) is 7.20. The Balaban J connectivity index is -0.000000320. The summed E-state index contributed by atoms with van der Waals surface area (Å²) in [6.45, 7) is 2.45. The number of hydrogen-bond acceptors (Lipinski definition) is 4. The Morgan fingerprint density at radius 1 is 1.55 bits per heavy atom. The van der Waals surface area contributed by atoms with Crippen molar-refractivity contribution in [2.45, 2.75) is 19.8 Å². The molecule has 0 aromatic rings. The van der Waals surface area contributed by atoms with E-state index in [2.05, 4.69) is 28.6 Å². The van der Waals surface area contributed by atoms with E-state index in [9.17, 15) is 4.89 Å². The van der Waals surface area contributed by atoms with Crippen LogP contribution in [0.4, 0.5) is 0 Å². The summed E-state index contributed by atoms with van der Waals surface area (Å²) in [6.07, 6.45) is 1.88. The molecule has 0 N–H and O–H groups in total. The SMILES string of the molecule is CCCCOP([O-])(=S)[S-].[Na+].[Na+]. The third-order valence-corrected chi connectivity index (χ3v) is 1.88. The van der Waals surface area contributed by atoms with E-state index in [-0.39, 0.29) is 59.1 Å². The van der Waals surface area contributed by atoms with Crippen molar-refractivity contribution >= 4 is 29.7 Å². The van der Waals surface area contributed by atoms with E-state index < -0.39 is 5.69 Å². The molecule has 56 valence electrons. The van der Waals surface area contributed by atoms with Crippen LogP contribution in [0.15, 0.2) is 0 Å². The quantitative estimate of drug-likeness (QED) is 0.209. The molecular formula is C4H9Na2O2PS2. The van der Waals surface area contributed by atoms with E-state index in [0.717, 1.165) is 12.8 Å². The monoisotopic (exact) mass is 230 g/mol. The predicted molar refractivity (Wildman–Crippen MR) is 42.5 cm³/mol. The minimum atomic E-state index is -3.03. The summed E-state index contributed by atoms with van der Waals surface area (Å²) in [4.78, 5) is 10.5. The van der Waals surface area contributed by atoms with Crippen molar-refractivity contribution in [3.8, 4) is 0 Å². The third-order valence-electron chi connectivity index (χ3n) is 0.747. The summed E-state index contributed by atoms with van der Waals surface area (Å²) < 4.78 is 4.65. The Morgan fingerprint density at radius 3 is 2.27 bits per heavy atom. The van der Waals surface area contributed by atoms with Gasteiger partial charge in [-0.2, -0.15) is 0 Å². The molecule has 1 atom stereocenters. The molecule has 0 heterocycles. The molecule has 0 spiro atoms. The molecule has 2 nitrogen and oxygen atoms in total. The van der Waals surface area contributed by atoms with Crippen molar-refractivity contribution in [3.05, 3.63) is 0 Å². The van der Waals surface area contributed by atoms with Crippen LogP contribution in [-0.4, -0.2) is 6.61 Å². The Kier molecular flexibility index (Phi) is 19.5. The first kappa shape index (κ1) is 19.5. The zero-order chi connectivity index (χ0) is 7.33. The van der Waals surface area contributed by atoms with E-state index in [1.807, 2.05) is 6.92 Å². The third kappa shape index (κ3) is 19.4. The number of rotatable bonds is 4. The van der Waals surface area contributed by atoms with E-state index in [1.54, 1.807) is 0 Å². The van der Waals surface area contributed by atoms with Gasteiger partial charge in [0.1, 0.15) is 0 Å². The van der Waals surface area contributed by atoms with Gasteiger partial charge in [-0.25, -0.2) is 0 Å². The second-order valence-electron chi connectivity index (χ2n) is 1.63. The number of hydrogen-bond donors (Lipinski definition) is 0. The molecule has 0 saturated heterocycles. The van der Waals surface area contributed by atoms with E-state index >= 15 is 0 Å². The van der Waals surface area contributed by atoms with E-state index in [4.69, 9.17) is 0 Å². The molecule has 0 aromatic heterocycles. The van der Waals surface area contributed by atoms with Crippen molar-refractivity contribution in [1.29, 1.82) is 0 Å². The molecule has 0 aliphatic rings.